The summed E-state index contributed by atoms with van der Waals surface area (Å²) in [6, 6.07) is 0. The lowest BCUT2D eigenvalue weighted by atomic mass is 9.80. The van der Waals surface area contributed by atoms with Crippen LogP contribution in [-0.4, -0.2) is 51.5 Å². The molecule has 6 heteroatoms. The molecule has 9 atom stereocenters. The topological polar surface area (TPSA) is 104 Å². The molecule has 0 aliphatic carbocycles. The minimum atomic E-state index is -1.04. The number of carbonyl (C=O) groups excluding carboxylic acids is 2. The van der Waals surface area contributed by atoms with E-state index in [4.69, 9.17) is 4.74 Å². The molecule has 1 aliphatic rings. The predicted molar refractivity (Wildman–Crippen MR) is 98.3 cm³/mol. The first-order chi connectivity index (χ1) is 12.0. The van der Waals surface area contributed by atoms with Crippen LogP contribution in [0.3, 0.4) is 0 Å². The molecule has 0 radical (unpaired) electrons. The lowest BCUT2D eigenvalue weighted by Gasteiger charge is -2.34. The van der Waals surface area contributed by atoms with Gasteiger partial charge in [-0.1, -0.05) is 34.6 Å². The van der Waals surface area contributed by atoms with E-state index in [1.807, 2.05) is 6.92 Å². The molecule has 0 amide bonds. The van der Waals surface area contributed by atoms with Gasteiger partial charge in [-0.15, -0.1) is 0 Å². The largest absolute Gasteiger partial charge is 0.462 e. The van der Waals surface area contributed by atoms with E-state index in [1.54, 1.807) is 34.6 Å². The number of aliphatic hydroxyl groups is 3. The molecule has 0 unspecified atom stereocenters. The average molecular weight is 373 g/mol. The van der Waals surface area contributed by atoms with Crippen LogP contribution in [0.15, 0.2) is 0 Å². The highest BCUT2D eigenvalue weighted by atomic mass is 16.5. The van der Waals surface area contributed by atoms with Crippen molar-refractivity contribution in [1.29, 1.82) is 0 Å². The molecule has 0 bridgehead atoms. The standard InChI is InChI=1S/C20H36O6/c1-7-16-12(4)19(24)13(5)17(22)10(2)8-9-15(21)11(3)18(23)14(6)20(25)26-16/h10-16,18-19,21,23-24H,7-9H2,1-6H3/t10-,11-,12+,13+,14-,15+,16-,18+,19+/m1/s1. The molecule has 152 valence electrons. The number of ketones is 1. The highest BCUT2D eigenvalue weighted by Gasteiger charge is 2.38. The van der Waals surface area contributed by atoms with Crippen LogP contribution in [0, 0.1) is 29.6 Å². The molecule has 1 aliphatic heterocycles. The SMILES string of the molecule is CC[C@H]1OC(=O)[C@H](C)[C@@H](O)[C@H](C)[C@@H](O)CC[C@@H](C)C(=O)[C@H](C)[C@@H](O)[C@H]1C. The van der Waals surface area contributed by atoms with Crippen LogP contribution in [0.1, 0.15) is 60.8 Å². The van der Waals surface area contributed by atoms with Crippen LogP contribution in [0.4, 0.5) is 0 Å². The third-order valence-corrected chi connectivity index (χ3v) is 6.17. The van der Waals surface area contributed by atoms with Crippen molar-refractivity contribution in [3.05, 3.63) is 0 Å². The number of ether oxygens (including phenoxy) is 1. The molecule has 0 aromatic rings. The van der Waals surface area contributed by atoms with E-state index < -0.39 is 54.1 Å². The number of rotatable bonds is 1. The summed E-state index contributed by atoms with van der Waals surface area (Å²) in [5.74, 6) is -3.17. The normalized spacial score (nSPS) is 44.3. The Kier molecular flexibility index (Phi) is 8.70. The van der Waals surface area contributed by atoms with Crippen molar-refractivity contribution in [1.82, 2.24) is 0 Å². The molecule has 1 heterocycles. The number of aliphatic hydroxyl groups excluding tert-OH is 3. The number of Topliss-reactive ketones (excluding diaryl/α,β-unsaturated/α-hetero) is 1. The highest BCUT2D eigenvalue weighted by molar-refractivity contribution is 5.83. The Hall–Kier alpha value is -0.980. The summed E-state index contributed by atoms with van der Waals surface area (Å²) >= 11 is 0. The first kappa shape index (κ1) is 23.1. The van der Waals surface area contributed by atoms with Gasteiger partial charge in [0.1, 0.15) is 11.9 Å². The van der Waals surface area contributed by atoms with Crippen LogP contribution >= 0.6 is 0 Å². The van der Waals surface area contributed by atoms with Crippen molar-refractivity contribution < 1.29 is 29.6 Å². The van der Waals surface area contributed by atoms with E-state index in [-0.39, 0.29) is 11.7 Å². The molecular formula is C20H36O6. The second-order valence-corrected chi connectivity index (χ2v) is 8.11. The highest BCUT2D eigenvalue weighted by Crippen LogP contribution is 2.28. The fourth-order valence-electron chi connectivity index (χ4n) is 3.76. The monoisotopic (exact) mass is 372 g/mol. The van der Waals surface area contributed by atoms with Gasteiger partial charge in [0.2, 0.25) is 0 Å². The molecule has 6 nitrogen and oxygen atoms in total. The Labute approximate surface area is 156 Å². The summed E-state index contributed by atoms with van der Waals surface area (Å²) in [6.07, 6.45) is -2.00. The van der Waals surface area contributed by atoms with Crippen LogP contribution < -0.4 is 0 Å². The summed E-state index contributed by atoms with van der Waals surface area (Å²) in [6.45, 7) is 10.4. The number of hydrogen-bond donors (Lipinski definition) is 3. The van der Waals surface area contributed by atoms with Gasteiger partial charge in [0.25, 0.3) is 0 Å². The van der Waals surface area contributed by atoms with Crippen molar-refractivity contribution >= 4 is 11.8 Å². The molecule has 0 spiro atoms. The molecule has 1 saturated heterocycles. The molecule has 0 aromatic heterocycles. The summed E-state index contributed by atoms with van der Waals surface area (Å²) in [5.41, 5.74) is 0. The van der Waals surface area contributed by atoms with E-state index in [0.29, 0.717) is 19.3 Å². The van der Waals surface area contributed by atoms with Gasteiger partial charge in [0.05, 0.1) is 24.2 Å². The lowest BCUT2D eigenvalue weighted by molar-refractivity contribution is -0.165. The van der Waals surface area contributed by atoms with Gasteiger partial charge in [-0.3, -0.25) is 9.59 Å². The Morgan fingerprint density at radius 2 is 1.42 bits per heavy atom. The van der Waals surface area contributed by atoms with Gasteiger partial charge in [-0.25, -0.2) is 0 Å². The zero-order chi connectivity index (χ0) is 20.2. The molecule has 1 rings (SSSR count). The van der Waals surface area contributed by atoms with Crippen molar-refractivity contribution in [3.8, 4) is 0 Å². The summed E-state index contributed by atoms with van der Waals surface area (Å²) < 4.78 is 5.55. The quantitative estimate of drug-likeness (QED) is 0.608. The summed E-state index contributed by atoms with van der Waals surface area (Å²) in [7, 11) is 0. The van der Waals surface area contributed by atoms with Crippen molar-refractivity contribution in [2.45, 2.75) is 85.2 Å². The van der Waals surface area contributed by atoms with Crippen LogP contribution in [-0.2, 0) is 14.3 Å². The van der Waals surface area contributed by atoms with Crippen molar-refractivity contribution in [2.75, 3.05) is 0 Å². The summed E-state index contributed by atoms with van der Waals surface area (Å²) in [5, 5.41) is 31.4. The fraction of sp³-hybridized carbons (Fsp3) is 0.900. The molecule has 0 saturated carbocycles. The van der Waals surface area contributed by atoms with Gasteiger partial charge in [-0.05, 0) is 26.2 Å². The van der Waals surface area contributed by atoms with E-state index in [2.05, 4.69) is 0 Å². The first-order valence-corrected chi connectivity index (χ1v) is 9.81. The fourth-order valence-corrected chi connectivity index (χ4v) is 3.76. The lowest BCUT2D eigenvalue weighted by Crippen LogP contribution is -2.44. The summed E-state index contributed by atoms with van der Waals surface area (Å²) in [4.78, 5) is 25.1. The molecule has 0 aromatic carbocycles. The van der Waals surface area contributed by atoms with E-state index in [0.717, 1.165) is 0 Å². The number of carbonyl (C=O) groups is 2. The van der Waals surface area contributed by atoms with Gasteiger partial charge < -0.3 is 20.1 Å². The maximum absolute atomic E-state index is 12.6. The third-order valence-electron chi connectivity index (χ3n) is 6.17. The van der Waals surface area contributed by atoms with E-state index in [1.165, 1.54) is 0 Å². The molecule has 1 fully saturated rings. The van der Waals surface area contributed by atoms with E-state index in [9.17, 15) is 24.9 Å². The zero-order valence-electron chi connectivity index (χ0n) is 16.9. The Morgan fingerprint density at radius 1 is 0.885 bits per heavy atom. The molecule has 3 N–H and O–H groups in total. The Bertz CT molecular complexity index is 479. The zero-order valence-corrected chi connectivity index (χ0v) is 16.9. The minimum Gasteiger partial charge on any atom is -0.462 e. The van der Waals surface area contributed by atoms with Gasteiger partial charge in [0, 0.05) is 23.7 Å². The van der Waals surface area contributed by atoms with Crippen LogP contribution in [0.25, 0.3) is 0 Å². The predicted octanol–water partition coefficient (Wildman–Crippen LogP) is 1.93. The van der Waals surface area contributed by atoms with E-state index >= 15 is 0 Å². The maximum Gasteiger partial charge on any atom is 0.311 e. The minimum absolute atomic E-state index is 0.0589. The van der Waals surface area contributed by atoms with Crippen LogP contribution in [0.2, 0.25) is 0 Å². The molecule has 26 heavy (non-hydrogen) atoms. The molecular weight excluding hydrogens is 336 g/mol. The second kappa shape index (κ2) is 9.81. The van der Waals surface area contributed by atoms with Gasteiger partial charge in [0.15, 0.2) is 0 Å². The Balaban J connectivity index is 3.14. The van der Waals surface area contributed by atoms with Gasteiger partial charge >= 0.3 is 5.97 Å². The first-order valence-electron chi connectivity index (χ1n) is 9.81. The van der Waals surface area contributed by atoms with Crippen molar-refractivity contribution in [2.24, 2.45) is 29.6 Å². The third kappa shape index (κ3) is 5.27. The maximum atomic E-state index is 12.6. The average Bonchev–Trinajstić information content (AvgIpc) is 2.64. The number of cyclic esters (lactones) is 1. The second-order valence-electron chi connectivity index (χ2n) is 8.11. The number of hydrogen-bond acceptors (Lipinski definition) is 6. The van der Waals surface area contributed by atoms with Crippen molar-refractivity contribution in [3.63, 3.8) is 0 Å². The van der Waals surface area contributed by atoms with Gasteiger partial charge in [-0.2, -0.15) is 0 Å². The smallest absolute Gasteiger partial charge is 0.311 e. The Morgan fingerprint density at radius 3 is 1.96 bits per heavy atom. The van der Waals surface area contributed by atoms with Crippen LogP contribution in [0.5, 0.6) is 0 Å². The number of esters is 1.